The Kier molecular flexibility index (Phi) is 4.64. The van der Waals surface area contributed by atoms with Crippen LogP contribution in [0.25, 0.3) is 0 Å². The second-order valence-corrected chi connectivity index (χ2v) is 5.53. The number of carbonyl (C=O) groups excluding carboxylic acids is 1. The zero-order chi connectivity index (χ0) is 13.8. The van der Waals surface area contributed by atoms with E-state index in [9.17, 15) is 4.79 Å². The topological polar surface area (TPSA) is 68.0 Å². The summed E-state index contributed by atoms with van der Waals surface area (Å²) in [6.45, 7) is 2.17. The van der Waals surface area contributed by atoms with E-state index in [4.69, 9.17) is 17.3 Å². The molecule has 104 valence electrons. The van der Waals surface area contributed by atoms with Crippen LogP contribution in [-0.2, 0) is 0 Å². The Morgan fingerprint density at radius 3 is 3.00 bits per heavy atom. The van der Waals surface area contributed by atoms with E-state index >= 15 is 0 Å². The number of nitrogens with zero attached hydrogens (tertiary/aromatic N) is 1. The van der Waals surface area contributed by atoms with Gasteiger partial charge < -0.3 is 11.1 Å². The van der Waals surface area contributed by atoms with Gasteiger partial charge in [0.2, 0.25) is 0 Å². The van der Waals surface area contributed by atoms with Gasteiger partial charge in [0.15, 0.2) is 0 Å². The first-order valence-corrected chi connectivity index (χ1v) is 7.21. The van der Waals surface area contributed by atoms with Crippen molar-refractivity contribution < 1.29 is 4.79 Å². The fourth-order valence-electron chi connectivity index (χ4n) is 2.76. The average Bonchev–Trinajstić information content (AvgIpc) is 2.42. The molecule has 0 spiro atoms. The van der Waals surface area contributed by atoms with Gasteiger partial charge in [-0.25, -0.2) is 4.98 Å². The Labute approximate surface area is 118 Å². The van der Waals surface area contributed by atoms with E-state index in [2.05, 4.69) is 17.2 Å². The summed E-state index contributed by atoms with van der Waals surface area (Å²) in [6.07, 6.45) is 7.18. The predicted molar refractivity (Wildman–Crippen MR) is 77.2 cm³/mol. The molecule has 2 atom stereocenters. The first-order valence-electron chi connectivity index (χ1n) is 6.83. The maximum Gasteiger partial charge on any atom is 0.253 e. The molecule has 1 saturated carbocycles. The van der Waals surface area contributed by atoms with Crippen LogP contribution in [0.3, 0.4) is 0 Å². The molecule has 1 amide bonds. The van der Waals surface area contributed by atoms with Crippen molar-refractivity contribution >= 4 is 23.3 Å². The number of aromatic nitrogens is 1. The Hall–Kier alpha value is -1.29. The highest BCUT2D eigenvalue weighted by atomic mass is 35.5. The van der Waals surface area contributed by atoms with Gasteiger partial charge in [-0.2, -0.15) is 0 Å². The van der Waals surface area contributed by atoms with Gasteiger partial charge in [0.1, 0.15) is 5.82 Å². The van der Waals surface area contributed by atoms with Crippen molar-refractivity contribution in [3.8, 4) is 0 Å². The normalized spacial score (nSPS) is 23.1. The van der Waals surface area contributed by atoms with Crippen LogP contribution in [-0.4, -0.2) is 16.9 Å². The molecular formula is C14H20ClN3O. The highest BCUT2D eigenvalue weighted by molar-refractivity contribution is 6.33. The lowest BCUT2D eigenvalue weighted by Gasteiger charge is -2.31. The van der Waals surface area contributed by atoms with E-state index in [1.54, 1.807) is 0 Å². The molecule has 1 aromatic heterocycles. The van der Waals surface area contributed by atoms with Crippen LogP contribution in [0.1, 0.15) is 49.4 Å². The fourth-order valence-corrected chi connectivity index (χ4v) is 2.95. The Morgan fingerprint density at radius 1 is 1.53 bits per heavy atom. The monoisotopic (exact) mass is 281 g/mol. The highest BCUT2D eigenvalue weighted by Gasteiger charge is 2.26. The molecule has 2 unspecified atom stereocenters. The van der Waals surface area contributed by atoms with Gasteiger partial charge in [0.25, 0.3) is 5.91 Å². The maximum absolute atomic E-state index is 12.3. The first kappa shape index (κ1) is 14.1. The fraction of sp³-hybridized carbons (Fsp3) is 0.571. The van der Waals surface area contributed by atoms with Crippen LogP contribution in [0, 0.1) is 5.92 Å². The molecule has 0 bridgehead atoms. The summed E-state index contributed by atoms with van der Waals surface area (Å²) >= 11 is 6.00. The molecule has 1 fully saturated rings. The van der Waals surface area contributed by atoms with Crippen LogP contribution in [0.4, 0.5) is 5.82 Å². The van der Waals surface area contributed by atoms with Crippen molar-refractivity contribution in [2.24, 2.45) is 5.92 Å². The third-order valence-electron chi connectivity index (χ3n) is 3.87. The number of anilines is 1. The number of carbonyl (C=O) groups is 1. The van der Waals surface area contributed by atoms with Gasteiger partial charge in [-0.15, -0.1) is 0 Å². The lowest BCUT2D eigenvalue weighted by Crippen LogP contribution is -2.42. The van der Waals surface area contributed by atoms with Gasteiger partial charge in [-0.1, -0.05) is 37.8 Å². The van der Waals surface area contributed by atoms with Gasteiger partial charge in [-0.3, -0.25) is 4.79 Å². The number of halogens is 1. The first-order chi connectivity index (χ1) is 9.11. The van der Waals surface area contributed by atoms with Crippen LogP contribution in [0.2, 0.25) is 5.02 Å². The number of nitrogen functional groups attached to an aromatic ring is 1. The van der Waals surface area contributed by atoms with E-state index in [0.717, 1.165) is 12.8 Å². The smallest absolute Gasteiger partial charge is 0.253 e. The molecule has 0 radical (unpaired) electrons. The van der Waals surface area contributed by atoms with E-state index < -0.39 is 0 Å². The van der Waals surface area contributed by atoms with Crippen LogP contribution in [0.15, 0.2) is 12.3 Å². The third kappa shape index (κ3) is 3.38. The molecule has 5 heteroatoms. The van der Waals surface area contributed by atoms with Crippen molar-refractivity contribution in [2.75, 3.05) is 5.73 Å². The molecule has 2 rings (SSSR count). The summed E-state index contributed by atoms with van der Waals surface area (Å²) in [7, 11) is 0. The Balaban J connectivity index is 2.09. The second-order valence-electron chi connectivity index (χ2n) is 5.12. The third-order valence-corrected chi connectivity index (χ3v) is 4.17. The van der Waals surface area contributed by atoms with Crippen molar-refractivity contribution in [3.63, 3.8) is 0 Å². The molecule has 0 aromatic carbocycles. The molecule has 1 heterocycles. The number of hydrogen-bond acceptors (Lipinski definition) is 3. The summed E-state index contributed by atoms with van der Waals surface area (Å²) in [5, 5.41) is 3.44. The zero-order valence-corrected chi connectivity index (χ0v) is 11.9. The summed E-state index contributed by atoms with van der Waals surface area (Å²) in [5.74, 6) is 0.727. The van der Waals surface area contributed by atoms with Crippen LogP contribution in [0.5, 0.6) is 0 Å². The standard InChI is InChI=1S/C14H20ClN3O/c1-2-9-5-3-4-6-12(9)18-14(19)10-7-13(16)17-8-11(10)15/h7-9,12H,2-6H2,1H3,(H2,16,17)(H,18,19). The molecule has 1 aliphatic carbocycles. The van der Waals surface area contributed by atoms with Crippen molar-refractivity contribution in [2.45, 2.75) is 45.1 Å². The van der Waals surface area contributed by atoms with Crippen LogP contribution >= 0.6 is 11.6 Å². The van der Waals surface area contributed by atoms with E-state index in [1.165, 1.54) is 31.5 Å². The minimum Gasteiger partial charge on any atom is -0.384 e. The lowest BCUT2D eigenvalue weighted by molar-refractivity contribution is 0.0905. The molecular weight excluding hydrogens is 262 g/mol. The van der Waals surface area contributed by atoms with Crippen molar-refractivity contribution in [3.05, 3.63) is 22.8 Å². The van der Waals surface area contributed by atoms with Gasteiger partial charge >= 0.3 is 0 Å². The quantitative estimate of drug-likeness (QED) is 0.895. The van der Waals surface area contributed by atoms with E-state index in [0.29, 0.717) is 22.3 Å². The minimum absolute atomic E-state index is 0.149. The molecule has 0 aliphatic heterocycles. The molecule has 1 aromatic rings. The van der Waals surface area contributed by atoms with Gasteiger partial charge in [0, 0.05) is 12.2 Å². The van der Waals surface area contributed by atoms with Crippen LogP contribution < -0.4 is 11.1 Å². The number of nitrogens with two attached hydrogens (primary N) is 1. The summed E-state index contributed by atoms with van der Waals surface area (Å²) in [4.78, 5) is 16.1. The molecule has 0 saturated heterocycles. The maximum atomic E-state index is 12.3. The summed E-state index contributed by atoms with van der Waals surface area (Å²) in [6, 6.07) is 1.78. The summed E-state index contributed by atoms with van der Waals surface area (Å²) < 4.78 is 0. The van der Waals surface area contributed by atoms with Crippen molar-refractivity contribution in [1.82, 2.24) is 10.3 Å². The SMILES string of the molecule is CCC1CCCCC1NC(=O)c1cc(N)ncc1Cl. The molecule has 3 N–H and O–H groups in total. The minimum atomic E-state index is -0.149. The number of pyridine rings is 1. The molecule has 1 aliphatic rings. The van der Waals surface area contributed by atoms with E-state index in [-0.39, 0.29) is 11.9 Å². The zero-order valence-electron chi connectivity index (χ0n) is 11.2. The molecule has 4 nitrogen and oxygen atoms in total. The number of nitrogens with one attached hydrogen (secondary N) is 1. The highest BCUT2D eigenvalue weighted by Crippen LogP contribution is 2.27. The van der Waals surface area contributed by atoms with E-state index in [1.807, 2.05) is 0 Å². The van der Waals surface area contributed by atoms with Crippen molar-refractivity contribution in [1.29, 1.82) is 0 Å². The average molecular weight is 282 g/mol. The lowest BCUT2D eigenvalue weighted by atomic mass is 9.83. The Morgan fingerprint density at radius 2 is 2.26 bits per heavy atom. The summed E-state index contributed by atoms with van der Waals surface area (Å²) in [5.41, 5.74) is 6.01. The Bertz CT molecular complexity index is 464. The number of rotatable bonds is 3. The second kappa shape index (κ2) is 6.24. The predicted octanol–water partition coefficient (Wildman–Crippen LogP) is 3.02. The van der Waals surface area contributed by atoms with Gasteiger partial charge in [-0.05, 0) is 24.8 Å². The number of hydrogen-bond donors (Lipinski definition) is 2. The van der Waals surface area contributed by atoms with Gasteiger partial charge in [0.05, 0.1) is 10.6 Å². The molecule has 19 heavy (non-hydrogen) atoms. The number of amides is 1. The largest absolute Gasteiger partial charge is 0.384 e.